The van der Waals surface area contributed by atoms with Gasteiger partial charge < -0.3 is 19.1 Å². The zero-order valence-electron chi connectivity index (χ0n) is 14.8. The number of carbonyl (C=O) groups excluding carboxylic acids is 1. The average Bonchev–Trinajstić information content (AvgIpc) is 2.67. The van der Waals surface area contributed by atoms with Gasteiger partial charge in [0.15, 0.2) is 0 Å². The Kier molecular flexibility index (Phi) is 7.95. The van der Waals surface area contributed by atoms with E-state index in [0.29, 0.717) is 38.5 Å². The first-order chi connectivity index (χ1) is 12.2. The number of hydrogen-bond acceptors (Lipinski definition) is 4. The molecule has 0 bridgehead atoms. The van der Waals surface area contributed by atoms with Gasteiger partial charge in [-0.3, -0.25) is 4.79 Å². The molecule has 0 aromatic heterocycles. The van der Waals surface area contributed by atoms with Crippen molar-refractivity contribution in [3.05, 3.63) is 65.7 Å². The standard InChI is InChI=1S/C20H25NO4/c1-23-14-12-21(13-15-24-2)20(22)18-8-10-19(11-9-18)25-16-17-6-4-3-5-7-17/h3-11H,12-16H2,1-2H3. The Morgan fingerprint density at radius 2 is 1.48 bits per heavy atom. The second-order valence-corrected chi connectivity index (χ2v) is 5.58. The van der Waals surface area contributed by atoms with Crippen molar-refractivity contribution in [2.24, 2.45) is 0 Å². The van der Waals surface area contributed by atoms with Crippen molar-refractivity contribution in [1.82, 2.24) is 4.90 Å². The predicted molar refractivity (Wildman–Crippen MR) is 96.9 cm³/mol. The minimum absolute atomic E-state index is 0.0382. The molecule has 0 aliphatic carbocycles. The Balaban J connectivity index is 1.95. The molecule has 2 aromatic carbocycles. The zero-order chi connectivity index (χ0) is 17.9. The van der Waals surface area contributed by atoms with Crippen molar-refractivity contribution in [3.8, 4) is 5.75 Å². The highest BCUT2D eigenvalue weighted by Crippen LogP contribution is 2.15. The summed E-state index contributed by atoms with van der Waals surface area (Å²) in [6.07, 6.45) is 0. The molecule has 0 saturated carbocycles. The first kappa shape index (κ1) is 19.0. The predicted octanol–water partition coefficient (Wildman–Crippen LogP) is 3.00. The van der Waals surface area contributed by atoms with E-state index in [0.717, 1.165) is 11.3 Å². The van der Waals surface area contributed by atoms with Gasteiger partial charge in [0, 0.05) is 32.9 Å². The molecule has 0 radical (unpaired) electrons. The van der Waals surface area contributed by atoms with Crippen LogP contribution in [0.15, 0.2) is 54.6 Å². The minimum atomic E-state index is -0.0382. The van der Waals surface area contributed by atoms with Gasteiger partial charge in [-0.25, -0.2) is 0 Å². The third-order valence-electron chi connectivity index (χ3n) is 3.77. The van der Waals surface area contributed by atoms with Crippen LogP contribution in [0, 0.1) is 0 Å². The second kappa shape index (κ2) is 10.5. The number of benzene rings is 2. The van der Waals surface area contributed by atoms with E-state index < -0.39 is 0 Å². The number of hydrogen-bond donors (Lipinski definition) is 0. The molecule has 0 aliphatic heterocycles. The number of methoxy groups -OCH3 is 2. The van der Waals surface area contributed by atoms with Gasteiger partial charge in [-0.05, 0) is 29.8 Å². The van der Waals surface area contributed by atoms with Crippen molar-refractivity contribution in [2.75, 3.05) is 40.5 Å². The SMILES string of the molecule is COCCN(CCOC)C(=O)c1ccc(OCc2ccccc2)cc1. The summed E-state index contributed by atoms with van der Waals surface area (Å²) in [6, 6.07) is 17.2. The van der Waals surface area contributed by atoms with Crippen molar-refractivity contribution >= 4 is 5.91 Å². The highest BCUT2D eigenvalue weighted by molar-refractivity contribution is 5.94. The Hall–Kier alpha value is -2.37. The quantitative estimate of drug-likeness (QED) is 0.665. The molecule has 0 saturated heterocycles. The lowest BCUT2D eigenvalue weighted by Gasteiger charge is -2.22. The van der Waals surface area contributed by atoms with E-state index in [1.807, 2.05) is 42.5 Å². The van der Waals surface area contributed by atoms with Gasteiger partial charge in [0.2, 0.25) is 0 Å². The second-order valence-electron chi connectivity index (χ2n) is 5.58. The summed E-state index contributed by atoms with van der Waals surface area (Å²) in [4.78, 5) is 14.4. The Morgan fingerprint density at radius 1 is 0.880 bits per heavy atom. The molecule has 1 amide bonds. The van der Waals surface area contributed by atoms with Gasteiger partial charge in [-0.15, -0.1) is 0 Å². The van der Waals surface area contributed by atoms with Crippen LogP contribution in [0.3, 0.4) is 0 Å². The molecule has 0 aliphatic rings. The van der Waals surface area contributed by atoms with E-state index >= 15 is 0 Å². The number of rotatable bonds is 10. The summed E-state index contributed by atoms with van der Waals surface area (Å²) in [5.74, 6) is 0.699. The number of carbonyl (C=O) groups is 1. The lowest BCUT2D eigenvalue weighted by molar-refractivity contribution is 0.0627. The molecular weight excluding hydrogens is 318 g/mol. The summed E-state index contributed by atoms with van der Waals surface area (Å²) in [6.45, 7) is 2.55. The van der Waals surface area contributed by atoms with E-state index in [-0.39, 0.29) is 5.91 Å². The van der Waals surface area contributed by atoms with Gasteiger partial charge in [0.25, 0.3) is 5.91 Å². The van der Waals surface area contributed by atoms with Gasteiger partial charge in [-0.1, -0.05) is 30.3 Å². The van der Waals surface area contributed by atoms with Crippen molar-refractivity contribution in [2.45, 2.75) is 6.61 Å². The van der Waals surface area contributed by atoms with Crippen molar-refractivity contribution in [1.29, 1.82) is 0 Å². The van der Waals surface area contributed by atoms with E-state index in [2.05, 4.69) is 0 Å². The van der Waals surface area contributed by atoms with Gasteiger partial charge in [0.1, 0.15) is 12.4 Å². The largest absolute Gasteiger partial charge is 0.489 e. The van der Waals surface area contributed by atoms with Crippen LogP contribution in [-0.4, -0.2) is 51.3 Å². The van der Waals surface area contributed by atoms with Crippen LogP contribution in [0.1, 0.15) is 15.9 Å². The third kappa shape index (κ3) is 6.21. The van der Waals surface area contributed by atoms with E-state index in [9.17, 15) is 4.79 Å². The monoisotopic (exact) mass is 343 g/mol. The first-order valence-electron chi connectivity index (χ1n) is 8.28. The lowest BCUT2D eigenvalue weighted by atomic mass is 10.2. The first-order valence-corrected chi connectivity index (χ1v) is 8.28. The molecule has 2 rings (SSSR count). The molecule has 0 fully saturated rings. The summed E-state index contributed by atoms with van der Waals surface area (Å²) in [7, 11) is 3.25. The molecule has 0 N–H and O–H groups in total. The van der Waals surface area contributed by atoms with Crippen LogP contribution in [-0.2, 0) is 16.1 Å². The van der Waals surface area contributed by atoms with Crippen LogP contribution < -0.4 is 4.74 Å². The lowest BCUT2D eigenvalue weighted by Crippen LogP contribution is -2.36. The molecule has 0 unspecified atom stereocenters. The van der Waals surface area contributed by atoms with Gasteiger partial charge >= 0.3 is 0 Å². The van der Waals surface area contributed by atoms with E-state index in [1.165, 1.54) is 0 Å². The molecule has 0 atom stereocenters. The van der Waals surface area contributed by atoms with Crippen molar-refractivity contribution < 1.29 is 19.0 Å². The third-order valence-corrected chi connectivity index (χ3v) is 3.77. The Bertz CT molecular complexity index is 620. The minimum Gasteiger partial charge on any atom is -0.489 e. The smallest absolute Gasteiger partial charge is 0.254 e. The van der Waals surface area contributed by atoms with Crippen LogP contribution in [0.4, 0.5) is 0 Å². The fraction of sp³-hybridized carbons (Fsp3) is 0.350. The van der Waals surface area contributed by atoms with Gasteiger partial charge in [0.05, 0.1) is 13.2 Å². The van der Waals surface area contributed by atoms with E-state index in [1.54, 1.807) is 31.3 Å². The normalized spacial score (nSPS) is 10.5. The molecule has 0 heterocycles. The Morgan fingerprint density at radius 3 is 2.04 bits per heavy atom. The molecule has 5 heteroatoms. The maximum atomic E-state index is 12.6. The molecular formula is C20H25NO4. The fourth-order valence-electron chi connectivity index (χ4n) is 2.34. The molecule has 5 nitrogen and oxygen atoms in total. The summed E-state index contributed by atoms with van der Waals surface area (Å²) in [5.41, 5.74) is 1.73. The highest BCUT2D eigenvalue weighted by atomic mass is 16.5. The number of nitrogens with zero attached hydrogens (tertiary/aromatic N) is 1. The topological polar surface area (TPSA) is 48.0 Å². The van der Waals surface area contributed by atoms with Crippen LogP contribution in [0.25, 0.3) is 0 Å². The maximum Gasteiger partial charge on any atom is 0.254 e. The van der Waals surface area contributed by atoms with Crippen molar-refractivity contribution in [3.63, 3.8) is 0 Å². The van der Waals surface area contributed by atoms with Crippen LogP contribution in [0.2, 0.25) is 0 Å². The molecule has 25 heavy (non-hydrogen) atoms. The fourth-order valence-corrected chi connectivity index (χ4v) is 2.34. The number of amides is 1. The zero-order valence-corrected chi connectivity index (χ0v) is 14.8. The highest BCUT2D eigenvalue weighted by Gasteiger charge is 2.15. The van der Waals surface area contributed by atoms with Crippen LogP contribution >= 0.6 is 0 Å². The number of ether oxygens (including phenoxy) is 3. The summed E-state index contributed by atoms with van der Waals surface area (Å²) in [5, 5.41) is 0. The van der Waals surface area contributed by atoms with Gasteiger partial charge in [-0.2, -0.15) is 0 Å². The summed E-state index contributed by atoms with van der Waals surface area (Å²) < 4.78 is 15.9. The molecule has 0 spiro atoms. The van der Waals surface area contributed by atoms with Crippen LogP contribution in [0.5, 0.6) is 5.75 Å². The Labute approximate surface area is 149 Å². The molecule has 2 aromatic rings. The average molecular weight is 343 g/mol. The summed E-state index contributed by atoms with van der Waals surface area (Å²) >= 11 is 0. The maximum absolute atomic E-state index is 12.6. The molecule has 134 valence electrons. The van der Waals surface area contributed by atoms with E-state index in [4.69, 9.17) is 14.2 Å².